The molecule has 4 nitrogen and oxygen atoms in total. The molecule has 0 radical (unpaired) electrons. The van der Waals surface area contributed by atoms with Crippen LogP contribution >= 0.6 is 11.6 Å². The smallest absolute Gasteiger partial charge is 0.251 e. The number of carbonyl (C=O) groups is 1. The molecular weight excluding hydrogens is 274 g/mol. The van der Waals surface area contributed by atoms with Crippen LogP contribution in [0.5, 0.6) is 0 Å². The number of amides is 1. The van der Waals surface area contributed by atoms with Gasteiger partial charge in [0, 0.05) is 24.3 Å². The first-order chi connectivity index (χ1) is 9.60. The van der Waals surface area contributed by atoms with E-state index in [2.05, 4.69) is 36.0 Å². The molecule has 1 heterocycles. The predicted octanol–water partition coefficient (Wildman–Crippen LogP) is 2.76. The van der Waals surface area contributed by atoms with E-state index >= 15 is 0 Å². The number of rotatable bonds is 8. The largest absolute Gasteiger partial charge is 0.351 e. The average molecular weight is 298 g/mol. The van der Waals surface area contributed by atoms with Crippen molar-refractivity contribution in [3.63, 3.8) is 0 Å². The number of pyridine rings is 1. The molecular formula is C15H24ClN3O. The fourth-order valence-corrected chi connectivity index (χ4v) is 2.26. The molecule has 0 bridgehead atoms. The minimum atomic E-state index is -0.0844. The van der Waals surface area contributed by atoms with Crippen molar-refractivity contribution in [3.05, 3.63) is 28.5 Å². The molecule has 0 saturated heterocycles. The molecule has 0 spiro atoms. The summed E-state index contributed by atoms with van der Waals surface area (Å²) in [6, 6.07) is 3.44. The summed E-state index contributed by atoms with van der Waals surface area (Å²) in [5.74, 6) is -0.0844. The van der Waals surface area contributed by atoms with E-state index in [1.165, 1.54) is 0 Å². The minimum Gasteiger partial charge on any atom is -0.351 e. The number of carbonyl (C=O) groups excluding carboxylic acids is 1. The highest BCUT2D eigenvalue weighted by Crippen LogP contribution is 2.12. The highest BCUT2D eigenvalue weighted by molar-refractivity contribution is 6.29. The normalized spacial score (nSPS) is 10.8. The van der Waals surface area contributed by atoms with Gasteiger partial charge in [-0.2, -0.15) is 0 Å². The lowest BCUT2D eigenvalue weighted by Crippen LogP contribution is -2.34. The van der Waals surface area contributed by atoms with Crippen molar-refractivity contribution in [1.82, 2.24) is 15.2 Å². The first kappa shape index (κ1) is 16.9. The van der Waals surface area contributed by atoms with Crippen molar-refractivity contribution in [2.75, 3.05) is 26.2 Å². The van der Waals surface area contributed by atoms with Crippen molar-refractivity contribution in [1.29, 1.82) is 0 Å². The van der Waals surface area contributed by atoms with Crippen molar-refractivity contribution in [2.24, 2.45) is 0 Å². The zero-order valence-electron chi connectivity index (χ0n) is 12.6. The summed E-state index contributed by atoms with van der Waals surface area (Å²) in [7, 11) is 0. The molecule has 0 fully saturated rings. The standard InChI is InChI=1S/C15H24ClN3O/c1-4-7-13-10-12(11-14(16)18-13)15(20)17-8-9-19(5-2)6-3/h10-11H,4-9H2,1-3H3,(H,17,20). The lowest BCUT2D eigenvalue weighted by molar-refractivity contribution is 0.0948. The van der Waals surface area contributed by atoms with Gasteiger partial charge < -0.3 is 10.2 Å². The van der Waals surface area contributed by atoms with Crippen molar-refractivity contribution < 1.29 is 4.79 Å². The van der Waals surface area contributed by atoms with E-state index in [0.29, 0.717) is 17.3 Å². The first-order valence-electron chi connectivity index (χ1n) is 7.27. The zero-order chi connectivity index (χ0) is 15.0. The topological polar surface area (TPSA) is 45.2 Å². The van der Waals surface area contributed by atoms with Crippen LogP contribution in [0.15, 0.2) is 12.1 Å². The van der Waals surface area contributed by atoms with Crippen LogP contribution in [0.3, 0.4) is 0 Å². The molecule has 0 unspecified atom stereocenters. The summed E-state index contributed by atoms with van der Waals surface area (Å²) < 4.78 is 0. The maximum Gasteiger partial charge on any atom is 0.251 e. The van der Waals surface area contributed by atoms with Crippen LogP contribution in [-0.4, -0.2) is 42.0 Å². The molecule has 20 heavy (non-hydrogen) atoms. The Kier molecular flexibility index (Phi) is 7.55. The second-order valence-electron chi connectivity index (χ2n) is 4.70. The SMILES string of the molecule is CCCc1cc(C(=O)NCCN(CC)CC)cc(Cl)n1. The van der Waals surface area contributed by atoms with Gasteiger partial charge in [0.2, 0.25) is 0 Å². The van der Waals surface area contributed by atoms with E-state index in [9.17, 15) is 4.79 Å². The molecule has 0 aliphatic carbocycles. The van der Waals surface area contributed by atoms with Gasteiger partial charge in [-0.15, -0.1) is 0 Å². The Bertz CT molecular complexity index is 433. The second-order valence-corrected chi connectivity index (χ2v) is 5.09. The van der Waals surface area contributed by atoms with E-state index < -0.39 is 0 Å². The summed E-state index contributed by atoms with van der Waals surface area (Å²) in [5, 5.41) is 3.31. The molecule has 5 heteroatoms. The van der Waals surface area contributed by atoms with E-state index in [1.807, 2.05) is 6.07 Å². The quantitative estimate of drug-likeness (QED) is 0.751. The molecule has 1 N–H and O–H groups in total. The monoisotopic (exact) mass is 297 g/mol. The Balaban J connectivity index is 2.58. The number of hydrogen-bond acceptors (Lipinski definition) is 3. The fourth-order valence-electron chi connectivity index (χ4n) is 2.04. The van der Waals surface area contributed by atoms with Crippen LogP contribution in [-0.2, 0) is 6.42 Å². The third-order valence-electron chi connectivity index (χ3n) is 3.22. The van der Waals surface area contributed by atoms with Gasteiger partial charge in [-0.1, -0.05) is 38.8 Å². The summed E-state index contributed by atoms with van der Waals surface area (Å²) >= 11 is 5.96. The maximum atomic E-state index is 12.1. The molecule has 1 aromatic heterocycles. The molecule has 1 rings (SSSR count). The summed E-state index contributed by atoms with van der Waals surface area (Å²) in [6.45, 7) is 9.80. The van der Waals surface area contributed by atoms with E-state index in [1.54, 1.807) is 6.07 Å². The lowest BCUT2D eigenvalue weighted by Gasteiger charge is -2.18. The Morgan fingerprint density at radius 2 is 2.00 bits per heavy atom. The second kappa shape index (κ2) is 8.93. The van der Waals surface area contributed by atoms with Crippen LogP contribution in [0.2, 0.25) is 5.15 Å². The van der Waals surface area contributed by atoms with Crippen molar-refractivity contribution >= 4 is 17.5 Å². The molecule has 1 amide bonds. The van der Waals surface area contributed by atoms with Crippen LogP contribution in [0.25, 0.3) is 0 Å². The van der Waals surface area contributed by atoms with Gasteiger partial charge in [-0.05, 0) is 31.6 Å². The van der Waals surface area contributed by atoms with Gasteiger partial charge in [-0.3, -0.25) is 4.79 Å². The molecule has 0 aromatic carbocycles. The number of nitrogens with zero attached hydrogens (tertiary/aromatic N) is 2. The Labute approximate surface area is 126 Å². The predicted molar refractivity (Wildman–Crippen MR) is 83.4 cm³/mol. The average Bonchev–Trinajstić information content (AvgIpc) is 2.43. The fraction of sp³-hybridized carbons (Fsp3) is 0.600. The minimum absolute atomic E-state index is 0.0844. The highest BCUT2D eigenvalue weighted by Gasteiger charge is 2.09. The number of likely N-dealkylation sites (N-methyl/N-ethyl adjacent to an activating group) is 1. The number of aromatic nitrogens is 1. The third-order valence-corrected chi connectivity index (χ3v) is 3.42. The Morgan fingerprint density at radius 3 is 2.60 bits per heavy atom. The highest BCUT2D eigenvalue weighted by atomic mass is 35.5. The summed E-state index contributed by atoms with van der Waals surface area (Å²) in [6.07, 6.45) is 1.82. The van der Waals surface area contributed by atoms with Crippen LogP contribution in [0.4, 0.5) is 0 Å². The summed E-state index contributed by atoms with van der Waals surface area (Å²) in [4.78, 5) is 18.6. The molecule has 112 valence electrons. The van der Waals surface area contributed by atoms with Crippen LogP contribution < -0.4 is 5.32 Å². The van der Waals surface area contributed by atoms with E-state index in [-0.39, 0.29) is 5.91 Å². The zero-order valence-corrected chi connectivity index (χ0v) is 13.3. The maximum absolute atomic E-state index is 12.1. The van der Waals surface area contributed by atoms with Gasteiger partial charge in [0.1, 0.15) is 5.15 Å². The molecule has 0 atom stereocenters. The first-order valence-corrected chi connectivity index (χ1v) is 7.65. The number of hydrogen-bond donors (Lipinski definition) is 1. The molecule has 1 aromatic rings. The van der Waals surface area contributed by atoms with Crippen LogP contribution in [0.1, 0.15) is 43.2 Å². The number of halogens is 1. The Hall–Kier alpha value is -1.13. The molecule has 0 saturated carbocycles. The third kappa shape index (κ3) is 5.47. The molecule has 0 aliphatic heterocycles. The van der Waals surface area contributed by atoms with Gasteiger partial charge >= 0.3 is 0 Å². The lowest BCUT2D eigenvalue weighted by atomic mass is 10.1. The van der Waals surface area contributed by atoms with E-state index in [4.69, 9.17) is 11.6 Å². The van der Waals surface area contributed by atoms with Gasteiger partial charge in [-0.25, -0.2) is 4.98 Å². The van der Waals surface area contributed by atoms with Crippen molar-refractivity contribution in [2.45, 2.75) is 33.6 Å². The summed E-state index contributed by atoms with van der Waals surface area (Å²) in [5.41, 5.74) is 1.46. The molecule has 0 aliphatic rings. The van der Waals surface area contributed by atoms with E-state index in [0.717, 1.165) is 38.2 Å². The van der Waals surface area contributed by atoms with Gasteiger partial charge in [0.15, 0.2) is 0 Å². The van der Waals surface area contributed by atoms with Gasteiger partial charge in [0.05, 0.1) is 0 Å². The van der Waals surface area contributed by atoms with Gasteiger partial charge in [0.25, 0.3) is 5.91 Å². The Morgan fingerprint density at radius 1 is 1.30 bits per heavy atom. The van der Waals surface area contributed by atoms with Crippen molar-refractivity contribution in [3.8, 4) is 0 Å². The van der Waals surface area contributed by atoms with Crippen LogP contribution in [0, 0.1) is 0 Å². The number of aryl methyl sites for hydroxylation is 1. The number of nitrogens with one attached hydrogen (secondary N) is 1.